The number of benzene rings is 3. The molecule has 0 saturated heterocycles. The van der Waals surface area contributed by atoms with Crippen LogP contribution < -0.4 is 5.32 Å². The number of amides is 1. The Morgan fingerprint density at radius 3 is 2.52 bits per heavy atom. The van der Waals surface area contributed by atoms with Crippen LogP contribution in [0.5, 0.6) is 0 Å². The third-order valence-electron chi connectivity index (χ3n) is 4.26. The van der Waals surface area contributed by atoms with Crippen molar-refractivity contribution in [2.45, 2.75) is 6.92 Å². The third kappa shape index (κ3) is 3.17. The molecule has 0 aliphatic rings. The largest absolute Gasteiger partial charge is 0.318 e. The molecule has 1 heterocycles. The smallest absolute Gasteiger partial charge is 0.276 e. The van der Waals surface area contributed by atoms with Gasteiger partial charge in [0, 0.05) is 11.5 Å². The highest BCUT2D eigenvalue weighted by atomic mass is 19.1. The van der Waals surface area contributed by atoms with Crippen LogP contribution >= 0.6 is 0 Å². The first-order chi connectivity index (χ1) is 13.0. The molecule has 4 rings (SSSR count). The first-order valence-corrected chi connectivity index (χ1v) is 8.34. The van der Waals surface area contributed by atoms with E-state index in [4.69, 9.17) is 0 Å². The molecular formula is C21H15F2N3O. The molecule has 0 radical (unpaired) electrons. The van der Waals surface area contributed by atoms with Crippen molar-refractivity contribution in [1.82, 2.24) is 9.78 Å². The van der Waals surface area contributed by atoms with Gasteiger partial charge in [0.1, 0.15) is 11.6 Å². The molecule has 4 nitrogen and oxygen atoms in total. The van der Waals surface area contributed by atoms with Gasteiger partial charge in [-0.2, -0.15) is 5.10 Å². The van der Waals surface area contributed by atoms with Gasteiger partial charge in [0.05, 0.1) is 16.9 Å². The Kier molecular flexibility index (Phi) is 4.16. The lowest BCUT2D eigenvalue weighted by atomic mass is 10.2. The molecule has 0 atom stereocenters. The van der Waals surface area contributed by atoms with E-state index < -0.39 is 17.5 Å². The summed E-state index contributed by atoms with van der Waals surface area (Å²) in [5.74, 6) is -1.96. The quantitative estimate of drug-likeness (QED) is 0.565. The molecule has 0 unspecified atom stereocenters. The molecule has 1 amide bonds. The first kappa shape index (κ1) is 16.9. The third-order valence-corrected chi connectivity index (χ3v) is 4.26. The van der Waals surface area contributed by atoms with Crippen LogP contribution in [-0.2, 0) is 0 Å². The van der Waals surface area contributed by atoms with Gasteiger partial charge in [-0.25, -0.2) is 13.5 Å². The average molecular weight is 363 g/mol. The van der Waals surface area contributed by atoms with E-state index >= 15 is 0 Å². The minimum atomic E-state index is -0.716. The van der Waals surface area contributed by atoms with Crippen LogP contribution in [0.2, 0.25) is 0 Å². The average Bonchev–Trinajstić information content (AvgIpc) is 3.05. The summed E-state index contributed by atoms with van der Waals surface area (Å²) in [6, 6.07) is 17.9. The molecule has 6 heteroatoms. The van der Waals surface area contributed by atoms with Crippen molar-refractivity contribution in [3.05, 3.63) is 89.6 Å². The van der Waals surface area contributed by atoms with E-state index in [9.17, 15) is 13.6 Å². The van der Waals surface area contributed by atoms with Gasteiger partial charge in [-0.1, -0.05) is 35.9 Å². The van der Waals surface area contributed by atoms with E-state index in [-0.39, 0.29) is 11.4 Å². The van der Waals surface area contributed by atoms with E-state index in [0.29, 0.717) is 5.39 Å². The number of carbonyl (C=O) groups excluding carboxylic acids is 1. The van der Waals surface area contributed by atoms with Crippen LogP contribution in [-0.4, -0.2) is 15.7 Å². The second-order valence-corrected chi connectivity index (χ2v) is 6.19. The zero-order valence-corrected chi connectivity index (χ0v) is 14.4. The standard InChI is InChI=1S/C21H15F2N3O/c1-13-6-9-15(10-7-13)26-19-5-3-2-4-16(19)20(25-26)21(27)24-18-12-14(22)8-11-17(18)23/h2-12H,1H3,(H,24,27). The minimum absolute atomic E-state index is 0.134. The van der Waals surface area contributed by atoms with Crippen LogP contribution in [0.15, 0.2) is 66.7 Å². The second kappa shape index (κ2) is 6.64. The number of carbonyl (C=O) groups is 1. The minimum Gasteiger partial charge on any atom is -0.318 e. The monoisotopic (exact) mass is 363 g/mol. The normalized spacial score (nSPS) is 10.9. The van der Waals surface area contributed by atoms with Crippen molar-refractivity contribution in [3.8, 4) is 5.69 Å². The van der Waals surface area contributed by atoms with Crippen molar-refractivity contribution >= 4 is 22.5 Å². The molecule has 27 heavy (non-hydrogen) atoms. The van der Waals surface area contributed by atoms with Crippen molar-refractivity contribution in [1.29, 1.82) is 0 Å². The van der Waals surface area contributed by atoms with Gasteiger partial charge < -0.3 is 5.32 Å². The fraction of sp³-hybridized carbons (Fsp3) is 0.0476. The topological polar surface area (TPSA) is 46.9 Å². The Bertz CT molecular complexity index is 1150. The maximum absolute atomic E-state index is 13.9. The molecule has 0 saturated carbocycles. The maximum Gasteiger partial charge on any atom is 0.276 e. The summed E-state index contributed by atoms with van der Waals surface area (Å²) in [6.07, 6.45) is 0. The molecule has 4 aromatic rings. The Labute approximate surface area is 154 Å². The fourth-order valence-electron chi connectivity index (χ4n) is 2.89. The predicted molar refractivity (Wildman–Crippen MR) is 100 cm³/mol. The van der Waals surface area contributed by atoms with Crippen molar-refractivity contribution in [2.75, 3.05) is 5.32 Å². The summed E-state index contributed by atoms with van der Waals surface area (Å²) in [5, 5.41) is 7.45. The van der Waals surface area contributed by atoms with Gasteiger partial charge in [-0.3, -0.25) is 4.79 Å². The van der Waals surface area contributed by atoms with Crippen molar-refractivity contribution < 1.29 is 13.6 Å². The van der Waals surface area contributed by atoms with E-state index in [2.05, 4.69) is 10.4 Å². The number of anilines is 1. The lowest BCUT2D eigenvalue weighted by Crippen LogP contribution is -2.14. The Morgan fingerprint density at radius 1 is 1.00 bits per heavy atom. The summed E-state index contributed by atoms with van der Waals surface area (Å²) in [5.41, 5.74) is 2.55. The van der Waals surface area contributed by atoms with Crippen LogP contribution in [0, 0.1) is 18.6 Å². The predicted octanol–water partition coefficient (Wildman–Crippen LogP) is 4.86. The Balaban J connectivity index is 1.79. The summed E-state index contributed by atoms with van der Waals surface area (Å²) in [4.78, 5) is 12.7. The lowest BCUT2D eigenvalue weighted by molar-refractivity contribution is 0.102. The van der Waals surface area contributed by atoms with E-state index in [1.54, 1.807) is 16.8 Å². The Hall–Kier alpha value is -3.54. The highest BCUT2D eigenvalue weighted by Gasteiger charge is 2.19. The summed E-state index contributed by atoms with van der Waals surface area (Å²) in [7, 11) is 0. The van der Waals surface area contributed by atoms with Crippen molar-refractivity contribution in [2.24, 2.45) is 0 Å². The summed E-state index contributed by atoms with van der Waals surface area (Å²) >= 11 is 0. The number of hydrogen-bond donors (Lipinski definition) is 1. The van der Waals surface area contributed by atoms with Gasteiger partial charge >= 0.3 is 0 Å². The number of nitrogens with one attached hydrogen (secondary N) is 1. The van der Waals surface area contributed by atoms with Crippen LogP contribution in [0.4, 0.5) is 14.5 Å². The number of fused-ring (bicyclic) bond motifs is 1. The molecule has 0 aliphatic heterocycles. The van der Waals surface area contributed by atoms with Crippen molar-refractivity contribution in [3.63, 3.8) is 0 Å². The number of aryl methyl sites for hydroxylation is 1. The number of aromatic nitrogens is 2. The fourth-order valence-corrected chi connectivity index (χ4v) is 2.89. The molecule has 0 fully saturated rings. The van der Waals surface area contributed by atoms with E-state index in [1.165, 1.54) is 0 Å². The molecular weight excluding hydrogens is 348 g/mol. The number of halogens is 2. The number of para-hydroxylation sites is 1. The lowest BCUT2D eigenvalue weighted by Gasteiger charge is -2.05. The zero-order chi connectivity index (χ0) is 19.0. The van der Waals surface area contributed by atoms with Gasteiger partial charge in [0.15, 0.2) is 5.69 Å². The SMILES string of the molecule is Cc1ccc(-n2nc(C(=O)Nc3cc(F)ccc3F)c3ccccc32)cc1. The number of rotatable bonds is 3. The summed E-state index contributed by atoms with van der Waals surface area (Å²) < 4.78 is 28.9. The molecule has 0 aliphatic carbocycles. The molecule has 0 bridgehead atoms. The molecule has 1 N–H and O–H groups in total. The zero-order valence-electron chi connectivity index (χ0n) is 14.4. The number of nitrogens with zero attached hydrogens (tertiary/aromatic N) is 2. The Morgan fingerprint density at radius 2 is 1.74 bits per heavy atom. The van der Waals surface area contributed by atoms with E-state index in [1.807, 2.05) is 43.3 Å². The van der Waals surface area contributed by atoms with Crippen LogP contribution in [0.25, 0.3) is 16.6 Å². The molecule has 1 aromatic heterocycles. The summed E-state index contributed by atoms with van der Waals surface area (Å²) in [6.45, 7) is 1.98. The highest BCUT2D eigenvalue weighted by molar-refractivity contribution is 6.11. The molecule has 3 aromatic carbocycles. The maximum atomic E-state index is 13.9. The number of hydrogen-bond acceptors (Lipinski definition) is 2. The van der Waals surface area contributed by atoms with Gasteiger partial charge in [-0.15, -0.1) is 0 Å². The second-order valence-electron chi connectivity index (χ2n) is 6.19. The molecule has 0 spiro atoms. The highest BCUT2D eigenvalue weighted by Crippen LogP contribution is 2.24. The van der Waals surface area contributed by atoms with Gasteiger partial charge in [-0.05, 0) is 37.3 Å². The van der Waals surface area contributed by atoms with E-state index in [0.717, 1.165) is 35.0 Å². The van der Waals surface area contributed by atoms with Crippen LogP contribution in [0.1, 0.15) is 16.1 Å². The van der Waals surface area contributed by atoms with Crippen LogP contribution in [0.3, 0.4) is 0 Å². The van der Waals surface area contributed by atoms with Gasteiger partial charge in [0.25, 0.3) is 5.91 Å². The first-order valence-electron chi connectivity index (χ1n) is 8.34. The van der Waals surface area contributed by atoms with Gasteiger partial charge in [0.2, 0.25) is 0 Å². The molecule has 134 valence electrons.